The van der Waals surface area contributed by atoms with Crippen molar-refractivity contribution in [1.29, 1.82) is 0 Å². The van der Waals surface area contributed by atoms with Gasteiger partial charge in [-0.2, -0.15) is 0 Å². The van der Waals surface area contributed by atoms with E-state index in [0.717, 1.165) is 57.6 Å². The molecule has 0 saturated heterocycles. The molecule has 0 unspecified atom stereocenters. The van der Waals surface area contributed by atoms with Crippen LogP contribution in [0.2, 0.25) is 0 Å². The third-order valence-electron chi connectivity index (χ3n) is 5.83. The van der Waals surface area contributed by atoms with E-state index in [-0.39, 0.29) is 45.8 Å². The van der Waals surface area contributed by atoms with Gasteiger partial charge in [0.2, 0.25) is 0 Å². The number of aryl methyl sites for hydroxylation is 6. The SMILES string of the molecule is Cc1cc(C)cc([N-]CC(C)(C)C)c1.Cc1cc(C)cc([N-]CC(C)(C)C)c1.Cc1cc(C)cc([N-]CC(C)(C)C)c1.[N-]=[Nb].[Na+]. The van der Waals surface area contributed by atoms with E-state index < -0.39 is 0 Å². The first-order chi connectivity index (χ1) is 20.1. The standard InChI is InChI=1S/3C13H20N.N.Na.Nb/c3*1-10-6-11(2)8-12(7-10)14-9-13(3,4)5;;;/h3*6-8H,9H2,1-5H3;;;/q4*-1;+1;. The van der Waals surface area contributed by atoms with Crippen molar-refractivity contribution >= 4 is 17.1 Å². The first-order valence-electron chi connectivity index (χ1n) is 15.6. The zero-order valence-corrected chi connectivity index (χ0v) is 35.8. The predicted octanol–water partition coefficient (Wildman–Crippen LogP) is 10.4. The van der Waals surface area contributed by atoms with Crippen LogP contribution in [-0.2, 0) is 20.9 Å². The van der Waals surface area contributed by atoms with Gasteiger partial charge in [-0.3, -0.25) is 0 Å². The van der Waals surface area contributed by atoms with Gasteiger partial charge < -0.3 is 16.0 Å². The summed E-state index contributed by atoms with van der Waals surface area (Å²) in [5, 5.41) is 13.8. The molecule has 0 saturated carbocycles. The van der Waals surface area contributed by atoms with E-state index in [0.29, 0.717) is 0 Å². The molecule has 3 aromatic rings. The molecule has 0 aliphatic rings. The van der Waals surface area contributed by atoms with Gasteiger partial charge in [-0.1, -0.05) is 167 Å². The Bertz CT molecular complexity index is 1050. The second-order valence-corrected chi connectivity index (χ2v) is 15.7. The van der Waals surface area contributed by atoms with Gasteiger partial charge in [0, 0.05) is 0 Å². The average molecular weight is 701 g/mol. The van der Waals surface area contributed by atoms with Crippen LogP contribution in [0.5, 0.6) is 0 Å². The van der Waals surface area contributed by atoms with E-state index in [1.807, 2.05) is 0 Å². The molecular weight excluding hydrogens is 640 g/mol. The monoisotopic (exact) mass is 700 g/mol. The van der Waals surface area contributed by atoms with E-state index in [9.17, 15) is 0 Å². The summed E-state index contributed by atoms with van der Waals surface area (Å²) >= 11 is 0.750. The van der Waals surface area contributed by atoms with Crippen LogP contribution in [0.4, 0.5) is 17.1 Å². The second-order valence-electron chi connectivity index (χ2n) is 15.7. The topological polar surface area (TPSA) is 64.6 Å². The summed E-state index contributed by atoms with van der Waals surface area (Å²) in [7, 11) is 0. The molecule has 0 aliphatic heterocycles. The molecule has 0 heterocycles. The maximum absolute atomic E-state index is 7.05. The Balaban J connectivity index is 0. The fraction of sp³-hybridized carbons (Fsp3) is 0.538. The third kappa shape index (κ3) is 25.4. The Morgan fingerprint density at radius 1 is 0.400 bits per heavy atom. The van der Waals surface area contributed by atoms with Crippen molar-refractivity contribution in [2.24, 2.45) is 16.2 Å². The van der Waals surface area contributed by atoms with Crippen LogP contribution in [0.3, 0.4) is 0 Å². The molecule has 4 nitrogen and oxygen atoms in total. The number of rotatable bonds is 6. The first kappa shape index (κ1) is 45.7. The Morgan fingerprint density at radius 3 is 0.689 bits per heavy atom. The van der Waals surface area contributed by atoms with Crippen LogP contribution >= 0.6 is 0 Å². The third-order valence-corrected chi connectivity index (χ3v) is 5.83. The Labute approximate surface area is 312 Å². The van der Waals surface area contributed by atoms with Gasteiger partial charge in [-0.15, -0.1) is 36.7 Å². The van der Waals surface area contributed by atoms with E-state index in [4.69, 9.17) is 3.76 Å². The maximum Gasteiger partial charge on any atom is 1.00 e. The minimum Gasteiger partial charge on any atom is 1.00 e. The molecular formula is C39H60N4NaNb-3. The van der Waals surface area contributed by atoms with Gasteiger partial charge in [0.25, 0.3) is 0 Å². The van der Waals surface area contributed by atoms with Crippen LogP contribution in [0, 0.1) is 57.8 Å². The maximum atomic E-state index is 7.05. The average Bonchev–Trinajstić information content (AvgIpc) is 2.84. The van der Waals surface area contributed by atoms with Gasteiger partial charge >= 0.3 is 54.2 Å². The van der Waals surface area contributed by atoms with Crippen molar-refractivity contribution in [3.05, 3.63) is 108 Å². The van der Waals surface area contributed by atoms with Gasteiger partial charge in [0.05, 0.1) is 0 Å². The zero-order chi connectivity index (χ0) is 34.3. The molecule has 0 aliphatic carbocycles. The number of hydrogen-bond donors (Lipinski definition) is 0. The van der Waals surface area contributed by atoms with Crippen molar-refractivity contribution in [2.75, 3.05) is 19.6 Å². The van der Waals surface area contributed by atoms with Gasteiger partial charge in [0.1, 0.15) is 0 Å². The van der Waals surface area contributed by atoms with Crippen LogP contribution in [-0.4, -0.2) is 19.6 Å². The number of hydrogen-bond acceptors (Lipinski definition) is 0. The Hall–Kier alpha value is -1.40. The van der Waals surface area contributed by atoms with E-state index in [1.54, 1.807) is 0 Å². The van der Waals surface area contributed by atoms with Crippen molar-refractivity contribution in [3.8, 4) is 0 Å². The quantitative estimate of drug-likeness (QED) is 0.230. The summed E-state index contributed by atoms with van der Waals surface area (Å²) in [6.07, 6.45) is 0. The van der Waals surface area contributed by atoms with Crippen molar-refractivity contribution in [1.82, 2.24) is 0 Å². The number of nitrogens with zero attached hydrogens (tertiary/aromatic N) is 4. The number of benzene rings is 3. The molecule has 0 amide bonds. The van der Waals surface area contributed by atoms with Crippen LogP contribution in [0.25, 0.3) is 19.7 Å². The van der Waals surface area contributed by atoms with Crippen LogP contribution in [0.1, 0.15) is 95.7 Å². The van der Waals surface area contributed by atoms with Crippen molar-refractivity contribution in [2.45, 2.75) is 104 Å². The molecule has 3 aromatic carbocycles. The summed E-state index contributed by atoms with van der Waals surface area (Å²) < 4.78 is 7.05. The normalized spacial score (nSPS) is 10.8. The van der Waals surface area contributed by atoms with Crippen molar-refractivity contribution in [3.63, 3.8) is 0 Å². The van der Waals surface area contributed by atoms with E-state index in [2.05, 4.69) is 174 Å². The summed E-state index contributed by atoms with van der Waals surface area (Å²) in [4.78, 5) is 0. The minimum absolute atomic E-state index is 0. The van der Waals surface area contributed by atoms with Gasteiger partial charge in [0.15, 0.2) is 0 Å². The van der Waals surface area contributed by atoms with E-state index >= 15 is 0 Å². The summed E-state index contributed by atoms with van der Waals surface area (Å²) in [6.45, 7) is 35.2. The molecule has 0 radical (unpaired) electrons. The predicted molar refractivity (Wildman–Crippen MR) is 193 cm³/mol. The van der Waals surface area contributed by atoms with Crippen LogP contribution in [0.15, 0.2) is 54.6 Å². The Kier molecular flexibility index (Phi) is 21.8. The second kappa shape index (κ2) is 21.5. The zero-order valence-electron chi connectivity index (χ0n) is 31.6. The summed E-state index contributed by atoms with van der Waals surface area (Å²) in [6, 6.07) is 19.4. The molecule has 45 heavy (non-hydrogen) atoms. The Morgan fingerprint density at radius 2 is 0.556 bits per heavy atom. The molecule has 0 N–H and O–H groups in total. The molecule has 0 atom stereocenters. The molecule has 0 bridgehead atoms. The molecule has 0 spiro atoms. The molecule has 245 valence electrons. The fourth-order valence-electron chi connectivity index (χ4n) is 4.11. The largest absolute Gasteiger partial charge is 1.00 e. The fourth-order valence-corrected chi connectivity index (χ4v) is 4.11. The smallest absolute Gasteiger partial charge is 1.00 e. The van der Waals surface area contributed by atoms with Gasteiger partial charge in [-0.05, 0) is 41.5 Å². The molecule has 3 rings (SSSR count). The summed E-state index contributed by atoms with van der Waals surface area (Å²) in [5.74, 6) is 0. The summed E-state index contributed by atoms with van der Waals surface area (Å²) in [5.41, 5.74) is 11.9. The molecule has 0 aromatic heterocycles. The molecule has 0 fully saturated rings. The van der Waals surface area contributed by atoms with Crippen molar-refractivity contribution < 1.29 is 50.4 Å². The first-order valence-corrected chi connectivity index (χ1v) is 16.6. The van der Waals surface area contributed by atoms with E-state index in [1.165, 1.54) is 33.4 Å². The van der Waals surface area contributed by atoms with Gasteiger partial charge in [-0.25, -0.2) is 0 Å². The van der Waals surface area contributed by atoms with Crippen LogP contribution < -0.4 is 29.6 Å². The molecule has 6 heteroatoms. The minimum atomic E-state index is 0.